The largest absolute Gasteiger partial charge is 0.352 e. The molecule has 2 aromatic rings. The molecule has 1 aromatic carbocycles. The molecule has 1 aromatic heterocycles. The fourth-order valence-electron chi connectivity index (χ4n) is 1.84. The van der Waals surface area contributed by atoms with E-state index < -0.39 is 9.84 Å². The molecule has 0 aliphatic carbocycles. The molecule has 2 rings (SSSR count). The van der Waals surface area contributed by atoms with Gasteiger partial charge >= 0.3 is 0 Å². The van der Waals surface area contributed by atoms with Gasteiger partial charge in [0.1, 0.15) is 0 Å². The third-order valence-corrected chi connectivity index (χ3v) is 5.08. The molecule has 0 spiro atoms. The van der Waals surface area contributed by atoms with Crippen LogP contribution in [0.2, 0.25) is 0 Å². The maximum atomic E-state index is 11.7. The van der Waals surface area contributed by atoms with Crippen molar-refractivity contribution in [3.63, 3.8) is 0 Å². The second kappa shape index (κ2) is 6.87. The Labute approximate surface area is 128 Å². The first kappa shape index (κ1) is 15.7. The maximum Gasteiger partial charge on any atom is 0.220 e. The summed E-state index contributed by atoms with van der Waals surface area (Å²) in [6.07, 6.45) is 2.38. The van der Waals surface area contributed by atoms with Crippen LogP contribution in [0.1, 0.15) is 16.9 Å². The van der Waals surface area contributed by atoms with Crippen molar-refractivity contribution in [2.24, 2.45) is 0 Å². The van der Waals surface area contributed by atoms with E-state index in [1.807, 2.05) is 17.5 Å². The Morgan fingerprint density at radius 1 is 1.19 bits per heavy atom. The van der Waals surface area contributed by atoms with Gasteiger partial charge in [0.25, 0.3) is 0 Å². The quantitative estimate of drug-likeness (QED) is 0.888. The van der Waals surface area contributed by atoms with Gasteiger partial charge in [0.15, 0.2) is 9.84 Å². The molecular formula is C15H17NO3S2. The highest BCUT2D eigenvalue weighted by atomic mass is 32.2. The van der Waals surface area contributed by atoms with E-state index in [9.17, 15) is 13.2 Å². The van der Waals surface area contributed by atoms with Gasteiger partial charge in [-0.15, -0.1) is 11.3 Å². The Balaban J connectivity index is 1.81. The number of hydrogen-bond acceptors (Lipinski definition) is 4. The van der Waals surface area contributed by atoms with Crippen molar-refractivity contribution in [3.05, 3.63) is 52.2 Å². The summed E-state index contributed by atoms with van der Waals surface area (Å²) in [4.78, 5) is 13.2. The van der Waals surface area contributed by atoms with Crippen LogP contribution < -0.4 is 5.32 Å². The molecule has 0 aliphatic rings. The Hall–Kier alpha value is -1.66. The van der Waals surface area contributed by atoms with Crippen molar-refractivity contribution in [3.8, 4) is 0 Å². The Bertz CT molecular complexity index is 689. The second-order valence-corrected chi connectivity index (χ2v) is 7.82. The monoisotopic (exact) mass is 323 g/mol. The van der Waals surface area contributed by atoms with Gasteiger partial charge in [-0.25, -0.2) is 8.42 Å². The summed E-state index contributed by atoms with van der Waals surface area (Å²) in [5, 5.41) is 4.83. The maximum absolute atomic E-state index is 11.7. The van der Waals surface area contributed by atoms with Gasteiger partial charge in [-0.05, 0) is 35.6 Å². The molecule has 1 amide bonds. The molecule has 0 saturated carbocycles. The summed E-state index contributed by atoms with van der Waals surface area (Å²) in [7, 11) is -3.17. The molecule has 0 aliphatic heterocycles. The molecule has 1 N–H and O–H groups in total. The molecule has 4 nitrogen and oxygen atoms in total. The van der Waals surface area contributed by atoms with E-state index in [4.69, 9.17) is 0 Å². The molecule has 0 fully saturated rings. The third-order valence-electron chi connectivity index (χ3n) is 3.02. The van der Waals surface area contributed by atoms with Crippen LogP contribution in [0.4, 0.5) is 0 Å². The predicted octanol–water partition coefficient (Wildman–Crippen LogP) is 2.40. The van der Waals surface area contributed by atoms with Gasteiger partial charge in [0.2, 0.25) is 5.91 Å². The predicted molar refractivity (Wildman–Crippen MR) is 84.0 cm³/mol. The van der Waals surface area contributed by atoms with E-state index in [2.05, 4.69) is 5.32 Å². The number of carbonyl (C=O) groups is 1. The molecule has 0 radical (unpaired) electrons. The topological polar surface area (TPSA) is 63.2 Å². The summed E-state index contributed by atoms with van der Waals surface area (Å²) >= 11 is 1.65. The molecule has 21 heavy (non-hydrogen) atoms. The van der Waals surface area contributed by atoms with Gasteiger partial charge in [-0.2, -0.15) is 0 Å². The zero-order chi connectivity index (χ0) is 15.3. The third kappa shape index (κ3) is 4.99. The normalized spacial score (nSPS) is 11.3. The lowest BCUT2D eigenvalue weighted by Gasteiger charge is -2.06. The summed E-state index contributed by atoms with van der Waals surface area (Å²) in [6, 6.07) is 10.5. The lowest BCUT2D eigenvalue weighted by molar-refractivity contribution is -0.121. The van der Waals surface area contributed by atoms with Gasteiger partial charge in [-0.1, -0.05) is 18.2 Å². The van der Waals surface area contributed by atoms with Crippen molar-refractivity contribution < 1.29 is 13.2 Å². The molecule has 0 saturated heterocycles. The van der Waals surface area contributed by atoms with Crippen LogP contribution >= 0.6 is 11.3 Å². The van der Waals surface area contributed by atoms with Crippen molar-refractivity contribution in [2.45, 2.75) is 24.3 Å². The molecule has 0 atom stereocenters. The number of sulfone groups is 1. The molecule has 0 bridgehead atoms. The van der Waals surface area contributed by atoms with E-state index in [1.54, 1.807) is 35.6 Å². The van der Waals surface area contributed by atoms with E-state index >= 15 is 0 Å². The number of rotatable bonds is 6. The van der Waals surface area contributed by atoms with Gasteiger partial charge in [-0.3, -0.25) is 4.79 Å². The van der Waals surface area contributed by atoms with Crippen LogP contribution in [0.25, 0.3) is 0 Å². The van der Waals surface area contributed by atoms with Gasteiger partial charge in [0, 0.05) is 24.1 Å². The van der Waals surface area contributed by atoms with Crippen LogP contribution in [0.15, 0.2) is 46.7 Å². The van der Waals surface area contributed by atoms with E-state index in [1.165, 1.54) is 11.1 Å². The van der Waals surface area contributed by atoms with Gasteiger partial charge < -0.3 is 5.32 Å². The van der Waals surface area contributed by atoms with E-state index in [0.29, 0.717) is 13.0 Å². The summed E-state index contributed by atoms with van der Waals surface area (Å²) < 4.78 is 22.7. The minimum Gasteiger partial charge on any atom is -0.352 e. The van der Waals surface area contributed by atoms with Crippen molar-refractivity contribution in [2.75, 3.05) is 6.26 Å². The number of nitrogens with one attached hydrogen (secondary N) is 1. The summed E-state index contributed by atoms with van der Waals surface area (Å²) in [5.74, 6) is -0.00408. The number of carbonyl (C=O) groups excluding carboxylic acids is 1. The fraction of sp³-hybridized carbons (Fsp3) is 0.267. The van der Waals surface area contributed by atoms with Gasteiger partial charge in [0.05, 0.1) is 4.90 Å². The minimum absolute atomic E-state index is 0.00408. The summed E-state index contributed by atoms with van der Waals surface area (Å²) in [5.41, 5.74) is 0.881. The first-order valence-corrected chi connectivity index (χ1v) is 9.30. The summed E-state index contributed by atoms with van der Waals surface area (Å²) in [6.45, 7) is 0.410. The van der Waals surface area contributed by atoms with E-state index in [0.717, 1.165) is 12.0 Å². The van der Waals surface area contributed by atoms with E-state index in [-0.39, 0.29) is 10.8 Å². The fourth-order valence-corrected chi connectivity index (χ4v) is 3.17. The highest BCUT2D eigenvalue weighted by Gasteiger charge is 2.07. The van der Waals surface area contributed by atoms with Crippen LogP contribution in [0.5, 0.6) is 0 Å². The van der Waals surface area contributed by atoms with Crippen LogP contribution in [0, 0.1) is 0 Å². The van der Waals surface area contributed by atoms with Crippen LogP contribution in [0.3, 0.4) is 0 Å². The lowest BCUT2D eigenvalue weighted by Crippen LogP contribution is -2.22. The highest BCUT2D eigenvalue weighted by Crippen LogP contribution is 2.12. The molecule has 0 unspecified atom stereocenters. The van der Waals surface area contributed by atoms with Crippen molar-refractivity contribution >= 4 is 27.1 Å². The Morgan fingerprint density at radius 2 is 1.90 bits per heavy atom. The van der Waals surface area contributed by atoms with Crippen molar-refractivity contribution in [1.29, 1.82) is 0 Å². The average Bonchev–Trinajstić information content (AvgIpc) is 2.95. The molecule has 1 heterocycles. The number of amides is 1. The molecule has 6 heteroatoms. The Kier molecular flexibility index (Phi) is 5.14. The standard InChI is InChI=1S/C15H17NO3S2/c1-21(18,19)14-7-4-12(5-8-14)11-16-15(17)9-6-13-3-2-10-20-13/h2-5,7-8,10H,6,9,11H2,1H3,(H,16,17). The molecule has 112 valence electrons. The zero-order valence-electron chi connectivity index (χ0n) is 11.7. The average molecular weight is 323 g/mol. The minimum atomic E-state index is -3.17. The first-order chi connectivity index (χ1) is 9.95. The van der Waals surface area contributed by atoms with Crippen LogP contribution in [-0.4, -0.2) is 20.6 Å². The first-order valence-electron chi connectivity index (χ1n) is 6.53. The smallest absolute Gasteiger partial charge is 0.220 e. The molecular weight excluding hydrogens is 306 g/mol. The SMILES string of the molecule is CS(=O)(=O)c1ccc(CNC(=O)CCc2cccs2)cc1. The van der Waals surface area contributed by atoms with Crippen molar-refractivity contribution in [1.82, 2.24) is 5.32 Å². The highest BCUT2D eigenvalue weighted by molar-refractivity contribution is 7.90. The number of thiophene rings is 1. The number of aryl methyl sites for hydroxylation is 1. The van der Waals surface area contributed by atoms with Crippen LogP contribution in [-0.2, 0) is 27.6 Å². The Morgan fingerprint density at radius 3 is 2.48 bits per heavy atom. The second-order valence-electron chi connectivity index (χ2n) is 4.77. The number of benzene rings is 1. The lowest BCUT2D eigenvalue weighted by atomic mass is 10.2. The zero-order valence-corrected chi connectivity index (χ0v) is 13.3. The number of hydrogen-bond donors (Lipinski definition) is 1.